The first kappa shape index (κ1) is 16.0. The Morgan fingerprint density at radius 1 is 1.24 bits per heavy atom. The monoisotopic (exact) mass is 354 g/mol. The molecule has 1 unspecified atom stereocenters. The van der Waals surface area contributed by atoms with Crippen molar-refractivity contribution in [3.63, 3.8) is 0 Å². The lowest BCUT2D eigenvalue weighted by Gasteiger charge is -2.19. The molecule has 0 amide bonds. The van der Waals surface area contributed by atoms with Gasteiger partial charge in [0, 0.05) is 10.7 Å². The van der Waals surface area contributed by atoms with Gasteiger partial charge in [-0.25, -0.2) is 8.78 Å². The lowest BCUT2D eigenvalue weighted by molar-refractivity contribution is 0.496. The van der Waals surface area contributed by atoms with E-state index in [1.165, 1.54) is 6.07 Å². The van der Waals surface area contributed by atoms with Gasteiger partial charge in [-0.3, -0.25) is 4.98 Å². The van der Waals surface area contributed by atoms with Crippen LogP contribution >= 0.6 is 15.9 Å². The zero-order chi connectivity index (χ0) is 15.2. The Kier molecular flexibility index (Phi) is 5.82. The first-order valence-corrected chi connectivity index (χ1v) is 7.68. The number of hydrogen-bond acceptors (Lipinski definition) is 2. The topological polar surface area (TPSA) is 24.9 Å². The van der Waals surface area contributed by atoms with Crippen LogP contribution in [0.15, 0.2) is 41.0 Å². The van der Waals surface area contributed by atoms with E-state index in [0.717, 1.165) is 34.8 Å². The molecule has 2 aromatic rings. The van der Waals surface area contributed by atoms with Gasteiger partial charge in [-0.05, 0) is 65.1 Å². The summed E-state index contributed by atoms with van der Waals surface area (Å²) in [5.74, 6) is -1.64. The molecular formula is C16H17BrF2N2. The van der Waals surface area contributed by atoms with Crippen LogP contribution in [0.1, 0.15) is 30.6 Å². The third kappa shape index (κ3) is 4.32. The fourth-order valence-electron chi connectivity index (χ4n) is 2.14. The van der Waals surface area contributed by atoms with Crippen molar-refractivity contribution in [3.8, 4) is 0 Å². The third-order valence-corrected chi connectivity index (χ3v) is 3.85. The number of rotatable bonds is 6. The molecule has 0 bridgehead atoms. The number of aromatic nitrogens is 1. The van der Waals surface area contributed by atoms with E-state index in [2.05, 4.69) is 33.2 Å². The molecule has 112 valence electrons. The number of nitrogens with zero attached hydrogens (tertiary/aromatic N) is 1. The summed E-state index contributed by atoms with van der Waals surface area (Å²) >= 11 is 3.49. The Morgan fingerprint density at radius 2 is 2.05 bits per heavy atom. The summed E-state index contributed by atoms with van der Waals surface area (Å²) in [4.78, 5) is 4.39. The highest BCUT2D eigenvalue weighted by molar-refractivity contribution is 9.10. The van der Waals surface area contributed by atoms with E-state index in [4.69, 9.17) is 0 Å². The van der Waals surface area contributed by atoms with Crippen LogP contribution in [0.4, 0.5) is 8.78 Å². The number of halogens is 3. The predicted octanol–water partition coefficient (Wildman–Crippen LogP) is 4.41. The van der Waals surface area contributed by atoms with Crippen LogP contribution < -0.4 is 5.32 Å². The molecule has 1 atom stereocenters. The smallest absolute Gasteiger partial charge is 0.159 e. The van der Waals surface area contributed by atoms with E-state index < -0.39 is 11.6 Å². The Labute approximate surface area is 131 Å². The maximum atomic E-state index is 13.3. The Morgan fingerprint density at radius 3 is 2.71 bits per heavy atom. The van der Waals surface area contributed by atoms with E-state index in [0.29, 0.717) is 6.42 Å². The lowest BCUT2D eigenvalue weighted by atomic mass is 10.0. The maximum absolute atomic E-state index is 13.3. The lowest BCUT2D eigenvalue weighted by Crippen LogP contribution is -2.25. The minimum absolute atomic E-state index is 0.0506. The third-order valence-electron chi connectivity index (χ3n) is 3.18. The van der Waals surface area contributed by atoms with Gasteiger partial charge in [-0.1, -0.05) is 13.0 Å². The minimum atomic E-state index is -0.823. The predicted molar refractivity (Wildman–Crippen MR) is 83.0 cm³/mol. The maximum Gasteiger partial charge on any atom is 0.159 e. The van der Waals surface area contributed by atoms with Gasteiger partial charge in [0.05, 0.1) is 11.7 Å². The zero-order valence-electron chi connectivity index (χ0n) is 11.7. The van der Waals surface area contributed by atoms with Gasteiger partial charge in [-0.15, -0.1) is 0 Å². The molecule has 0 aliphatic rings. The van der Waals surface area contributed by atoms with E-state index in [1.54, 1.807) is 12.3 Å². The molecular weight excluding hydrogens is 338 g/mol. The summed E-state index contributed by atoms with van der Waals surface area (Å²) in [5, 5.41) is 3.40. The fourth-order valence-corrected chi connectivity index (χ4v) is 2.67. The van der Waals surface area contributed by atoms with Crippen LogP contribution in [0.3, 0.4) is 0 Å². The molecule has 21 heavy (non-hydrogen) atoms. The van der Waals surface area contributed by atoms with Crippen LogP contribution in [0.2, 0.25) is 0 Å². The molecule has 0 aliphatic carbocycles. The Hall–Kier alpha value is -1.33. The summed E-state index contributed by atoms with van der Waals surface area (Å²) in [6, 6.07) is 7.74. The standard InChI is InChI=1S/C16H17BrF2N2/c1-2-7-20-15(16-12(17)4-3-8-21-16)10-11-5-6-13(18)14(19)9-11/h3-6,8-9,15,20H,2,7,10H2,1H3. The molecule has 0 aliphatic heterocycles. The van der Waals surface area contributed by atoms with Gasteiger partial charge in [0.2, 0.25) is 0 Å². The Balaban J connectivity index is 2.24. The molecule has 5 heteroatoms. The molecule has 2 nitrogen and oxygen atoms in total. The molecule has 1 N–H and O–H groups in total. The average molecular weight is 355 g/mol. The molecule has 1 aromatic carbocycles. The van der Waals surface area contributed by atoms with Crippen molar-refractivity contribution in [2.45, 2.75) is 25.8 Å². The molecule has 0 radical (unpaired) electrons. The minimum Gasteiger partial charge on any atom is -0.308 e. The number of pyridine rings is 1. The van der Waals surface area contributed by atoms with Crippen molar-refractivity contribution in [1.82, 2.24) is 10.3 Å². The highest BCUT2D eigenvalue weighted by Gasteiger charge is 2.16. The molecule has 0 spiro atoms. The molecule has 0 saturated carbocycles. The van der Waals surface area contributed by atoms with Crippen LogP contribution in [-0.2, 0) is 6.42 Å². The van der Waals surface area contributed by atoms with Crippen LogP contribution in [0, 0.1) is 11.6 Å². The Bertz CT molecular complexity index is 605. The summed E-state index contributed by atoms with van der Waals surface area (Å²) in [7, 11) is 0. The van der Waals surface area contributed by atoms with Crippen molar-refractivity contribution in [3.05, 3.63) is 63.9 Å². The van der Waals surface area contributed by atoms with Gasteiger partial charge >= 0.3 is 0 Å². The van der Waals surface area contributed by atoms with E-state index >= 15 is 0 Å². The normalized spacial score (nSPS) is 12.4. The van der Waals surface area contributed by atoms with E-state index in [1.807, 2.05) is 12.1 Å². The molecule has 1 heterocycles. The van der Waals surface area contributed by atoms with Crippen molar-refractivity contribution < 1.29 is 8.78 Å². The zero-order valence-corrected chi connectivity index (χ0v) is 13.3. The van der Waals surface area contributed by atoms with E-state index in [-0.39, 0.29) is 6.04 Å². The van der Waals surface area contributed by atoms with Crippen LogP contribution in [0.5, 0.6) is 0 Å². The number of hydrogen-bond donors (Lipinski definition) is 1. The fraction of sp³-hybridized carbons (Fsp3) is 0.312. The van der Waals surface area contributed by atoms with Crippen molar-refractivity contribution in [2.24, 2.45) is 0 Å². The van der Waals surface area contributed by atoms with Crippen molar-refractivity contribution >= 4 is 15.9 Å². The largest absolute Gasteiger partial charge is 0.308 e. The van der Waals surface area contributed by atoms with E-state index in [9.17, 15) is 8.78 Å². The summed E-state index contributed by atoms with van der Waals surface area (Å²) in [6.45, 7) is 2.91. The van der Waals surface area contributed by atoms with Crippen LogP contribution in [-0.4, -0.2) is 11.5 Å². The molecule has 0 fully saturated rings. The first-order chi connectivity index (χ1) is 10.1. The van der Waals surface area contributed by atoms with Gasteiger partial charge < -0.3 is 5.32 Å². The van der Waals surface area contributed by atoms with Crippen LogP contribution in [0.25, 0.3) is 0 Å². The SMILES string of the molecule is CCCNC(Cc1ccc(F)c(F)c1)c1ncccc1Br. The highest BCUT2D eigenvalue weighted by atomic mass is 79.9. The second-order valence-electron chi connectivity index (χ2n) is 4.83. The summed E-state index contributed by atoms with van der Waals surface area (Å²) in [6.07, 6.45) is 3.26. The average Bonchev–Trinajstić information content (AvgIpc) is 2.48. The summed E-state index contributed by atoms with van der Waals surface area (Å²) in [5.41, 5.74) is 1.61. The molecule has 2 rings (SSSR count). The van der Waals surface area contributed by atoms with Gasteiger partial charge in [0.25, 0.3) is 0 Å². The van der Waals surface area contributed by atoms with Gasteiger partial charge in [0.15, 0.2) is 11.6 Å². The second kappa shape index (κ2) is 7.61. The second-order valence-corrected chi connectivity index (χ2v) is 5.68. The van der Waals surface area contributed by atoms with Gasteiger partial charge in [-0.2, -0.15) is 0 Å². The van der Waals surface area contributed by atoms with Crippen molar-refractivity contribution in [1.29, 1.82) is 0 Å². The molecule has 0 saturated heterocycles. The molecule has 1 aromatic heterocycles. The number of nitrogens with one attached hydrogen (secondary N) is 1. The van der Waals surface area contributed by atoms with Crippen molar-refractivity contribution in [2.75, 3.05) is 6.54 Å². The summed E-state index contributed by atoms with van der Waals surface area (Å²) < 4.78 is 27.3. The van der Waals surface area contributed by atoms with Gasteiger partial charge in [0.1, 0.15) is 0 Å². The highest BCUT2D eigenvalue weighted by Crippen LogP contribution is 2.24. The first-order valence-electron chi connectivity index (χ1n) is 6.89. The number of benzene rings is 1. The quantitative estimate of drug-likeness (QED) is 0.831.